The molecule has 0 aliphatic carbocycles. The van der Waals surface area contributed by atoms with Gasteiger partial charge in [-0.1, -0.05) is 87.4 Å². The molecule has 0 heterocycles. The van der Waals surface area contributed by atoms with Crippen LogP contribution in [0.2, 0.25) is 0 Å². The maximum absolute atomic E-state index is 15.1. The SMILES string of the molecule is CCCCCc1ccc(-c2ccc(-c3ccc(CC)cc3)c(F)c2C(F)F)cc1. The molecule has 29 heavy (non-hydrogen) atoms. The summed E-state index contributed by atoms with van der Waals surface area (Å²) in [5.74, 6) is -0.839. The molecule has 0 fully saturated rings. The minimum atomic E-state index is -2.89. The van der Waals surface area contributed by atoms with Crippen LogP contribution in [0.4, 0.5) is 13.2 Å². The zero-order valence-electron chi connectivity index (χ0n) is 17.0. The largest absolute Gasteiger partial charge is 0.267 e. The molecule has 0 N–H and O–H groups in total. The third kappa shape index (κ3) is 4.90. The predicted octanol–water partition coefficient (Wildman–Crippen LogP) is 8.39. The first-order chi connectivity index (χ1) is 14.0. The van der Waals surface area contributed by atoms with Crippen molar-refractivity contribution in [1.82, 2.24) is 0 Å². The van der Waals surface area contributed by atoms with E-state index in [1.807, 2.05) is 43.3 Å². The Morgan fingerprint density at radius 3 is 1.79 bits per heavy atom. The van der Waals surface area contributed by atoms with Crippen LogP contribution in [0, 0.1) is 5.82 Å². The van der Waals surface area contributed by atoms with Crippen LogP contribution in [0.15, 0.2) is 60.7 Å². The van der Waals surface area contributed by atoms with Gasteiger partial charge in [0.15, 0.2) is 0 Å². The van der Waals surface area contributed by atoms with Crippen LogP contribution in [0.5, 0.6) is 0 Å². The summed E-state index contributed by atoms with van der Waals surface area (Å²) in [4.78, 5) is 0. The van der Waals surface area contributed by atoms with E-state index in [1.54, 1.807) is 24.3 Å². The summed E-state index contributed by atoms with van der Waals surface area (Å²) in [6.07, 6.45) is 2.39. The highest BCUT2D eigenvalue weighted by Gasteiger charge is 2.22. The van der Waals surface area contributed by atoms with Crippen molar-refractivity contribution < 1.29 is 13.2 Å². The van der Waals surface area contributed by atoms with Crippen molar-refractivity contribution in [3.8, 4) is 22.3 Å². The van der Waals surface area contributed by atoms with Crippen molar-refractivity contribution in [2.45, 2.75) is 52.4 Å². The van der Waals surface area contributed by atoms with Crippen molar-refractivity contribution in [1.29, 1.82) is 0 Å². The zero-order chi connectivity index (χ0) is 20.8. The van der Waals surface area contributed by atoms with E-state index in [2.05, 4.69) is 6.92 Å². The third-order valence-corrected chi connectivity index (χ3v) is 5.41. The first-order valence-corrected chi connectivity index (χ1v) is 10.3. The number of rotatable bonds is 8. The summed E-state index contributed by atoms with van der Waals surface area (Å²) in [6.45, 7) is 4.19. The molecule has 0 atom stereocenters. The molecule has 0 aliphatic rings. The number of hydrogen-bond donors (Lipinski definition) is 0. The second kappa shape index (κ2) is 9.78. The smallest absolute Gasteiger partial charge is 0.206 e. The van der Waals surface area contributed by atoms with Gasteiger partial charge in [-0.2, -0.15) is 0 Å². The van der Waals surface area contributed by atoms with E-state index in [0.29, 0.717) is 11.1 Å². The molecule has 0 saturated carbocycles. The van der Waals surface area contributed by atoms with Gasteiger partial charge in [-0.05, 0) is 47.1 Å². The quantitative estimate of drug-likeness (QED) is 0.335. The molecule has 3 aromatic rings. The normalized spacial score (nSPS) is 11.2. The zero-order valence-corrected chi connectivity index (χ0v) is 17.0. The van der Waals surface area contributed by atoms with Gasteiger partial charge in [-0.15, -0.1) is 0 Å². The van der Waals surface area contributed by atoms with Gasteiger partial charge in [0.2, 0.25) is 0 Å². The Bertz CT molecular complexity index is 925. The molecule has 0 aromatic heterocycles. The molecule has 0 saturated heterocycles. The third-order valence-electron chi connectivity index (χ3n) is 5.41. The minimum absolute atomic E-state index is 0.211. The second-order valence-electron chi connectivity index (χ2n) is 7.39. The van der Waals surface area contributed by atoms with Crippen LogP contribution < -0.4 is 0 Å². The summed E-state index contributed by atoms with van der Waals surface area (Å²) in [6, 6.07) is 18.1. The first kappa shape index (κ1) is 21.2. The fraction of sp³-hybridized carbons (Fsp3) is 0.308. The highest BCUT2D eigenvalue weighted by Crippen LogP contribution is 2.38. The number of aryl methyl sites for hydroxylation is 2. The van der Waals surface area contributed by atoms with Crippen LogP contribution in [-0.4, -0.2) is 0 Å². The van der Waals surface area contributed by atoms with E-state index in [4.69, 9.17) is 0 Å². The Balaban J connectivity index is 1.96. The summed E-state index contributed by atoms with van der Waals surface area (Å²) in [5.41, 5.74) is 3.47. The fourth-order valence-electron chi connectivity index (χ4n) is 3.63. The summed E-state index contributed by atoms with van der Waals surface area (Å²) in [5, 5.41) is 0. The lowest BCUT2D eigenvalue weighted by molar-refractivity contribution is 0.147. The van der Waals surface area contributed by atoms with Crippen molar-refractivity contribution in [3.63, 3.8) is 0 Å². The summed E-state index contributed by atoms with van der Waals surface area (Å²) < 4.78 is 42.8. The molecule has 0 aliphatic heterocycles. The number of halogens is 3. The van der Waals surface area contributed by atoms with Gasteiger partial charge in [-0.3, -0.25) is 0 Å². The maximum atomic E-state index is 15.1. The van der Waals surface area contributed by atoms with Gasteiger partial charge in [0.25, 0.3) is 6.43 Å². The monoisotopic (exact) mass is 396 g/mol. The minimum Gasteiger partial charge on any atom is -0.206 e. The Kier molecular flexibility index (Phi) is 7.13. The van der Waals surface area contributed by atoms with Gasteiger partial charge in [0.1, 0.15) is 5.82 Å². The van der Waals surface area contributed by atoms with Crippen LogP contribution in [0.3, 0.4) is 0 Å². The number of unbranched alkanes of at least 4 members (excludes halogenated alkanes) is 2. The average Bonchev–Trinajstić information content (AvgIpc) is 2.74. The molecular weight excluding hydrogens is 369 g/mol. The molecule has 0 nitrogen and oxygen atoms in total. The lowest BCUT2D eigenvalue weighted by Gasteiger charge is -2.15. The van der Waals surface area contributed by atoms with E-state index < -0.39 is 17.8 Å². The number of alkyl halides is 2. The van der Waals surface area contributed by atoms with Crippen molar-refractivity contribution >= 4 is 0 Å². The van der Waals surface area contributed by atoms with E-state index in [-0.39, 0.29) is 11.1 Å². The summed E-state index contributed by atoms with van der Waals surface area (Å²) >= 11 is 0. The van der Waals surface area contributed by atoms with E-state index >= 15 is 4.39 Å². The van der Waals surface area contributed by atoms with E-state index in [0.717, 1.165) is 31.2 Å². The Labute approximate surface area is 171 Å². The maximum Gasteiger partial charge on any atom is 0.267 e. The highest BCUT2D eigenvalue weighted by atomic mass is 19.3. The second-order valence-corrected chi connectivity index (χ2v) is 7.39. The van der Waals surface area contributed by atoms with E-state index in [9.17, 15) is 8.78 Å². The van der Waals surface area contributed by atoms with Gasteiger partial charge in [-0.25, -0.2) is 13.2 Å². The molecule has 3 heteroatoms. The topological polar surface area (TPSA) is 0 Å². The van der Waals surface area contributed by atoms with Crippen molar-refractivity contribution in [2.75, 3.05) is 0 Å². The molecule has 3 rings (SSSR count). The van der Waals surface area contributed by atoms with Crippen LogP contribution in [-0.2, 0) is 12.8 Å². The van der Waals surface area contributed by atoms with E-state index in [1.165, 1.54) is 12.0 Å². The molecule has 0 bridgehead atoms. The molecular formula is C26H27F3. The molecule has 0 amide bonds. The Morgan fingerprint density at radius 1 is 0.690 bits per heavy atom. The molecule has 152 valence electrons. The van der Waals surface area contributed by atoms with Gasteiger partial charge in [0, 0.05) is 5.56 Å². The highest BCUT2D eigenvalue weighted by molar-refractivity contribution is 5.75. The summed E-state index contributed by atoms with van der Waals surface area (Å²) in [7, 11) is 0. The molecule has 0 radical (unpaired) electrons. The predicted molar refractivity (Wildman–Crippen MR) is 115 cm³/mol. The van der Waals surface area contributed by atoms with Gasteiger partial charge in [0.05, 0.1) is 5.56 Å². The average molecular weight is 396 g/mol. The first-order valence-electron chi connectivity index (χ1n) is 10.3. The fourth-order valence-corrected chi connectivity index (χ4v) is 3.63. The standard InChI is InChI=1S/C26H27F3/c1-3-5-6-7-19-10-14-20(15-11-19)22-16-17-23(25(27)24(22)26(28)29)21-12-8-18(4-2)9-13-21/h8-17,26H,3-7H2,1-2H3. The molecule has 0 unspecified atom stereocenters. The van der Waals surface area contributed by atoms with Crippen LogP contribution >= 0.6 is 0 Å². The Morgan fingerprint density at radius 2 is 1.24 bits per heavy atom. The van der Waals surface area contributed by atoms with Crippen LogP contribution in [0.1, 0.15) is 56.2 Å². The van der Waals surface area contributed by atoms with Crippen LogP contribution in [0.25, 0.3) is 22.3 Å². The number of hydrogen-bond acceptors (Lipinski definition) is 0. The van der Waals surface area contributed by atoms with Crippen molar-refractivity contribution in [3.05, 3.63) is 83.2 Å². The molecule has 0 spiro atoms. The lowest BCUT2D eigenvalue weighted by Crippen LogP contribution is -1.99. The lowest BCUT2D eigenvalue weighted by atomic mass is 9.93. The molecule has 3 aromatic carbocycles. The van der Waals surface area contributed by atoms with Crippen molar-refractivity contribution in [2.24, 2.45) is 0 Å². The Hall–Kier alpha value is -2.55. The van der Waals surface area contributed by atoms with Gasteiger partial charge < -0.3 is 0 Å². The number of benzene rings is 3. The van der Waals surface area contributed by atoms with Gasteiger partial charge >= 0.3 is 0 Å².